The van der Waals surface area contributed by atoms with Gasteiger partial charge in [-0.2, -0.15) is 17.6 Å². The van der Waals surface area contributed by atoms with Crippen molar-refractivity contribution in [2.45, 2.75) is 77.4 Å². The van der Waals surface area contributed by atoms with Gasteiger partial charge in [0.2, 0.25) is 0 Å². The van der Waals surface area contributed by atoms with Crippen molar-refractivity contribution in [1.29, 1.82) is 0 Å². The van der Waals surface area contributed by atoms with Crippen molar-refractivity contribution in [2.24, 2.45) is 0 Å². The van der Waals surface area contributed by atoms with Crippen molar-refractivity contribution in [1.82, 2.24) is 0 Å². The first kappa shape index (κ1) is 27.6. The summed E-state index contributed by atoms with van der Waals surface area (Å²) in [5.74, 6) is 0.0148. The Bertz CT molecular complexity index is 1050. The third kappa shape index (κ3) is 8.00. The Kier molecular flexibility index (Phi) is 9.80. The van der Waals surface area contributed by atoms with Crippen molar-refractivity contribution in [3.63, 3.8) is 0 Å². The number of unbranched alkanes of at least 4 members (excludes halogenated alkanes) is 4. The molecule has 0 bridgehead atoms. The molecule has 0 fully saturated rings. The first-order chi connectivity index (χ1) is 17.2. The Balaban J connectivity index is 1.59. The molecule has 194 valence electrons. The predicted molar refractivity (Wildman–Crippen MR) is 135 cm³/mol. The molecule has 3 aromatic carbocycles. The topological polar surface area (TPSA) is 18.5 Å². The molecular weight excluding hydrogens is 468 g/mol. The summed E-state index contributed by atoms with van der Waals surface area (Å²) in [6, 6.07) is 16.7. The average Bonchev–Trinajstić information content (AvgIpc) is 2.86. The predicted octanol–water partition coefficient (Wildman–Crippen LogP) is 9.41. The minimum absolute atomic E-state index is 0.00185. The van der Waals surface area contributed by atoms with Crippen LogP contribution in [0, 0.1) is 0 Å². The number of hydrogen-bond acceptors (Lipinski definition) is 2. The van der Waals surface area contributed by atoms with E-state index in [2.05, 4.69) is 6.92 Å². The molecule has 36 heavy (non-hydrogen) atoms. The van der Waals surface area contributed by atoms with Crippen LogP contribution in [0.5, 0.6) is 11.5 Å². The van der Waals surface area contributed by atoms with Crippen LogP contribution in [0.15, 0.2) is 72.8 Å². The molecular formula is C30H34F4O2. The van der Waals surface area contributed by atoms with Crippen LogP contribution in [-0.4, -0.2) is 0 Å². The van der Waals surface area contributed by atoms with Crippen molar-refractivity contribution in [2.75, 3.05) is 0 Å². The number of hydrogen-bond donors (Lipinski definition) is 0. The molecule has 3 rings (SSSR count). The van der Waals surface area contributed by atoms with E-state index < -0.39 is 23.3 Å². The van der Waals surface area contributed by atoms with Crippen LogP contribution in [0.3, 0.4) is 0 Å². The van der Waals surface area contributed by atoms with E-state index >= 15 is 0 Å². The quantitative estimate of drug-likeness (QED) is 0.161. The average molecular weight is 503 g/mol. The Morgan fingerprint density at radius 3 is 1.33 bits per heavy atom. The zero-order chi connectivity index (χ0) is 26.0. The Hall–Kier alpha value is -3.02. The molecule has 0 saturated carbocycles. The summed E-state index contributed by atoms with van der Waals surface area (Å²) in [5, 5.41) is 0. The van der Waals surface area contributed by atoms with Gasteiger partial charge in [-0.1, -0.05) is 70.2 Å². The van der Waals surface area contributed by atoms with E-state index in [1.807, 2.05) is 6.92 Å². The summed E-state index contributed by atoms with van der Waals surface area (Å²) in [6.45, 7) is 4.20. The highest BCUT2D eigenvalue weighted by Crippen LogP contribution is 2.35. The number of benzene rings is 3. The molecule has 3 aromatic rings. The summed E-state index contributed by atoms with van der Waals surface area (Å²) in [5.41, 5.74) is 1.04. The molecule has 0 aromatic heterocycles. The van der Waals surface area contributed by atoms with Crippen LogP contribution in [-0.2, 0) is 25.1 Å². The first-order valence-corrected chi connectivity index (χ1v) is 12.7. The normalized spacial score (nSPS) is 11.9. The largest absolute Gasteiger partial charge is 0.429 e. The molecule has 6 heteroatoms. The van der Waals surface area contributed by atoms with E-state index in [4.69, 9.17) is 9.47 Å². The van der Waals surface area contributed by atoms with Crippen LogP contribution >= 0.6 is 0 Å². The summed E-state index contributed by atoms with van der Waals surface area (Å²) >= 11 is 0. The molecule has 0 heterocycles. The van der Waals surface area contributed by atoms with E-state index in [1.54, 1.807) is 24.3 Å². The van der Waals surface area contributed by atoms with Crippen LogP contribution in [0.25, 0.3) is 0 Å². The van der Waals surface area contributed by atoms with Crippen LogP contribution < -0.4 is 9.47 Å². The van der Waals surface area contributed by atoms with Gasteiger partial charge in [0, 0.05) is 0 Å². The number of aryl methyl sites for hydroxylation is 2. The smallest absolute Gasteiger partial charge is 0.426 e. The summed E-state index contributed by atoms with van der Waals surface area (Å²) in [7, 11) is 0. The van der Waals surface area contributed by atoms with Gasteiger partial charge in [-0.25, -0.2) is 0 Å². The highest BCUT2D eigenvalue weighted by atomic mass is 19.3. The van der Waals surface area contributed by atoms with Gasteiger partial charge in [0.25, 0.3) is 0 Å². The standard InChI is InChI=1S/C30H34F4O2/c1-3-5-6-7-8-10-24-13-21-28(22-14-24)36-30(33,34)26-17-15-25(16-18-26)29(31,32)35-27-19-11-23(9-4-2)12-20-27/h11-22H,3-10H2,1-2H3. The second-order valence-electron chi connectivity index (χ2n) is 9.02. The van der Waals surface area contributed by atoms with Gasteiger partial charge < -0.3 is 9.47 Å². The zero-order valence-corrected chi connectivity index (χ0v) is 20.9. The van der Waals surface area contributed by atoms with Crippen molar-refractivity contribution in [3.05, 3.63) is 95.1 Å². The van der Waals surface area contributed by atoms with Gasteiger partial charge in [-0.3, -0.25) is 0 Å². The zero-order valence-electron chi connectivity index (χ0n) is 20.9. The minimum Gasteiger partial charge on any atom is -0.429 e. The molecule has 0 radical (unpaired) electrons. The van der Waals surface area contributed by atoms with Crippen molar-refractivity contribution in [3.8, 4) is 11.5 Å². The molecule has 0 atom stereocenters. The molecule has 0 aliphatic heterocycles. The third-order valence-corrected chi connectivity index (χ3v) is 6.00. The summed E-state index contributed by atoms with van der Waals surface area (Å²) in [4.78, 5) is 0. The molecule has 2 nitrogen and oxygen atoms in total. The molecule has 0 saturated heterocycles. The fraction of sp³-hybridized carbons (Fsp3) is 0.400. The first-order valence-electron chi connectivity index (χ1n) is 12.7. The monoisotopic (exact) mass is 502 g/mol. The van der Waals surface area contributed by atoms with E-state index in [0.717, 1.165) is 67.5 Å². The number of halogens is 4. The van der Waals surface area contributed by atoms with Crippen LogP contribution in [0.1, 0.15) is 74.6 Å². The molecule has 0 aliphatic rings. The third-order valence-electron chi connectivity index (χ3n) is 6.00. The van der Waals surface area contributed by atoms with E-state index in [9.17, 15) is 17.6 Å². The molecule has 0 amide bonds. The lowest BCUT2D eigenvalue weighted by atomic mass is 10.1. The lowest BCUT2D eigenvalue weighted by molar-refractivity contribution is -0.188. The van der Waals surface area contributed by atoms with Crippen molar-refractivity contribution >= 4 is 0 Å². The second kappa shape index (κ2) is 12.8. The number of ether oxygens (including phenoxy) is 2. The van der Waals surface area contributed by atoms with E-state index in [-0.39, 0.29) is 11.5 Å². The maximum atomic E-state index is 14.7. The maximum absolute atomic E-state index is 14.7. The van der Waals surface area contributed by atoms with E-state index in [1.165, 1.54) is 43.5 Å². The van der Waals surface area contributed by atoms with Crippen molar-refractivity contribution < 1.29 is 27.0 Å². The van der Waals surface area contributed by atoms with Gasteiger partial charge in [-0.05, 0) is 78.9 Å². The highest BCUT2D eigenvalue weighted by molar-refractivity contribution is 5.32. The minimum atomic E-state index is -3.68. The molecule has 0 N–H and O–H groups in total. The summed E-state index contributed by atoms with van der Waals surface area (Å²) in [6.07, 6.45) is 1.15. The van der Waals surface area contributed by atoms with Gasteiger partial charge in [0.05, 0.1) is 11.1 Å². The van der Waals surface area contributed by atoms with Gasteiger partial charge in [-0.15, -0.1) is 0 Å². The van der Waals surface area contributed by atoms with Crippen LogP contribution in [0.2, 0.25) is 0 Å². The number of alkyl halides is 4. The van der Waals surface area contributed by atoms with Crippen LogP contribution in [0.4, 0.5) is 17.6 Å². The fourth-order valence-electron chi connectivity index (χ4n) is 3.94. The maximum Gasteiger partial charge on any atom is 0.426 e. The number of rotatable bonds is 14. The van der Waals surface area contributed by atoms with Gasteiger partial charge in [0.15, 0.2) is 0 Å². The van der Waals surface area contributed by atoms with Gasteiger partial charge >= 0.3 is 12.2 Å². The fourth-order valence-corrected chi connectivity index (χ4v) is 3.94. The lowest BCUT2D eigenvalue weighted by Gasteiger charge is -2.21. The lowest BCUT2D eigenvalue weighted by Crippen LogP contribution is -2.24. The second-order valence-corrected chi connectivity index (χ2v) is 9.02. The Morgan fingerprint density at radius 1 is 0.500 bits per heavy atom. The van der Waals surface area contributed by atoms with E-state index in [0.29, 0.717) is 0 Å². The SMILES string of the molecule is CCCCCCCc1ccc(OC(F)(F)c2ccc(C(F)(F)Oc3ccc(CCC)cc3)cc2)cc1. The Morgan fingerprint density at radius 2 is 0.917 bits per heavy atom. The molecule has 0 unspecified atom stereocenters. The van der Waals surface area contributed by atoms with Gasteiger partial charge in [0.1, 0.15) is 11.5 Å². The summed E-state index contributed by atoms with van der Waals surface area (Å²) < 4.78 is 68.4. The highest BCUT2D eigenvalue weighted by Gasteiger charge is 2.38. The molecule has 0 aliphatic carbocycles. The molecule has 0 spiro atoms. The Labute approximate surface area is 211 Å².